The van der Waals surface area contributed by atoms with Crippen molar-refractivity contribution in [3.63, 3.8) is 0 Å². The van der Waals surface area contributed by atoms with Gasteiger partial charge in [-0.2, -0.15) is 5.10 Å². The fraction of sp³-hybridized carbons (Fsp3) is 0.474. The molecule has 0 bridgehead atoms. The van der Waals surface area contributed by atoms with E-state index < -0.39 is 0 Å². The van der Waals surface area contributed by atoms with Crippen LogP contribution in [-0.2, 0) is 6.54 Å². The first-order valence-corrected chi connectivity index (χ1v) is 9.04. The highest BCUT2D eigenvalue weighted by molar-refractivity contribution is 5.93. The van der Waals surface area contributed by atoms with E-state index in [0.29, 0.717) is 12.4 Å². The number of rotatable bonds is 4. The summed E-state index contributed by atoms with van der Waals surface area (Å²) >= 11 is 0. The van der Waals surface area contributed by atoms with Gasteiger partial charge in [0.2, 0.25) is 6.79 Å². The summed E-state index contributed by atoms with van der Waals surface area (Å²) in [7, 11) is 0. The van der Waals surface area contributed by atoms with Crippen molar-refractivity contribution in [2.45, 2.75) is 26.4 Å². The molecule has 7 nitrogen and oxygen atoms in total. The Hall–Kier alpha value is -2.54. The number of nitrogens with zero attached hydrogens (tertiary/aromatic N) is 4. The maximum atomic E-state index is 12.7. The molecule has 0 unspecified atom stereocenters. The fourth-order valence-electron chi connectivity index (χ4n) is 3.32. The predicted molar refractivity (Wildman–Crippen MR) is 96.4 cm³/mol. The van der Waals surface area contributed by atoms with Gasteiger partial charge in [0.1, 0.15) is 0 Å². The van der Waals surface area contributed by atoms with Crippen LogP contribution in [0.5, 0.6) is 11.5 Å². The van der Waals surface area contributed by atoms with E-state index in [0.717, 1.165) is 44.2 Å². The van der Waals surface area contributed by atoms with Crippen molar-refractivity contribution in [1.82, 2.24) is 19.6 Å². The minimum atomic E-state index is 0.0691. The average molecular weight is 356 g/mol. The van der Waals surface area contributed by atoms with Gasteiger partial charge in [-0.3, -0.25) is 14.4 Å². The topological polar surface area (TPSA) is 59.8 Å². The predicted octanol–water partition coefficient (Wildman–Crippen LogP) is 2.15. The van der Waals surface area contributed by atoms with E-state index in [1.165, 1.54) is 5.56 Å². The summed E-state index contributed by atoms with van der Waals surface area (Å²) < 4.78 is 12.6. The molecule has 2 aliphatic rings. The lowest BCUT2D eigenvalue weighted by Gasteiger charge is -2.34. The van der Waals surface area contributed by atoms with Crippen molar-refractivity contribution in [3.8, 4) is 11.5 Å². The fourth-order valence-corrected chi connectivity index (χ4v) is 3.32. The molecule has 1 aromatic carbocycles. The smallest absolute Gasteiger partial charge is 0.257 e. The average Bonchev–Trinajstić information content (AvgIpc) is 3.31. The normalized spacial score (nSPS) is 17.1. The van der Waals surface area contributed by atoms with E-state index in [4.69, 9.17) is 9.47 Å². The lowest BCUT2D eigenvalue weighted by atomic mass is 10.1. The van der Waals surface area contributed by atoms with E-state index in [2.05, 4.69) is 29.9 Å². The Kier molecular flexibility index (Phi) is 4.55. The molecule has 2 aromatic rings. The standard InChI is InChI=1S/C19H24N4O3/c1-14(2)23-12-16(10-20-23)19(24)22-7-5-21(6-8-22)11-15-3-4-17-18(9-15)26-13-25-17/h3-4,9-10,12,14H,5-8,11,13H2,1-2H3. The molecule has 3 heterocycles. The number of hydrogen-bond acceptors (Lipinski definition) is 5. The third-order valence-corrected chi connectivity index (χ3v) is 4.88. The second-order valence-corrected chi connectivity index (χ2v) is 7.06. The van der Waals surface area contributed by atoms with Crippen LogP contribution in [0.15, 0.2) is 30.6 Å². The molecular weight excluding hydrogens is 332 g/mol. The zero-order valence-corrected chi connectivity index (χ0v) is 15.2. The summed E-state index contributed by atoms with van der Waals surface area (Å²) in [6.45, 7) is 8.44. The lowest BCUT2D eigenvalue weighted by molar-refractivity contribution is 0.0628. The monoisotopic (exact) mass is 356 g/mol. The Balaban J connectivity index is 1.33. The molecule has 7 heteroatoms. The number of amides is 1. The molecule has 0 saturated carbocycles. The number of benzene rings is 1. The first-order valence-electron chi connectivity index (χ1n) is 9.04. The van der Waals surface area contributed by atoms with Crippen LogP contribution in [0.1, 0.15) is 35.8 Å². The van der Waals surface area contributed by atoms with Crippen LogP contribution in [0.25, 0.3) is 0 Å². The summed E-state index contributed by atoms with van der Waals surface area (Å²) in [4.78, 5) is 16.9. The van der Waals surface area contributed by atoms with Gasteiger partial charge < -0.3 is 14.4 Å². The van der Waals surface area contributed by atoms with Gasteiger partial charge in [-0.05, 0) is 31.5 Å². The van der Waals surface area contributed by atoms with Crippen LogP contribution in [0.4, 0.5) is 0 Å². The molecule has 0 N–H and O–H groups in total. The van der Waals surface area contributed by atoms with Gasteiger partial charge >= 0.3 is 0 Å². The summed E-state index contributed by atoms with van der Waals surface area (Å²) in [6, 6.07) is 6.34. The molecule has 1 aromatic heterocycles. The first-order chi connectivity index (χ1) is 12.6. The van der Waals surface area contributed by atoms with Crippen molar-refractivity contribution in [3.05, 3.63) is 41.7 Å². The maximum absolute atomic E-state index is 12.7. The molecule has 0 spiro atoms. The van der Waals surface area contributed by atoms with Crippen molar-refractivity contribution in [1.29, 1.82) is 0 Å². The Labute approximate surface area is 153 Å². The maximum Gasteiger partial charge on any atom is 0.257 e. The minimum absolute atomic E-state index is 0.0691. The van der Waals surface area contributed by atoms with E-state index >= 15 is 0 Å². The summed E-state index contributed by atoms with van der Waals surface area (Å²) in [6.07, 6.45) is 3.51. The van der Waals surface area contributed by atoms with Crippen molar-refractivity contribution < 1.29 is 14.3 Å². The van der Waals surface area contributed by atoms with Gasteiger partial charge in [-0.25, -0.2) is 0 Å². The van der Waals surface area contributed by atoms with Crippen LogP contribution in [0.3, 0.4) is 0 Å². The number of ether oxygens (including phenoxy) is 2. The molecule has 138 valence electrons. The van der Waals surface area contributed by atoms with E-state index in [1.54, 1.807) is 6.20 Å². The van der Waals surface area contributed by atoms with Crippen molar-refractivity contribution >= 4 is 5.91 Å². The van der Waals surface area contributed by atoms with Crippen molar-refractivity contribution in [2.75, 3.05) is 33.0 Å². The molecule has 2 aliphatic heterocycles. The second kappa shape index (κ2) is 6.99. The molecule has 0 aliphatic carbocycles. The van der Waals surface area contributed by atoms with Gasteiger partial charge in [0.05, 0.1) is 11.8 Å². The van der Waals surface area contributed by atoms with Crippen LogP contribution in [0.2, 0.25) is 0 Å². The van der Waals surface area contributed by atoms with E-state index in [9.17, 15) is 4.79 Å². The molecule has 26 heavy (non-hydrogen) atoms. The molecule has 0 atom stereocenters. The highest BCUT2D eigenvalue weighted by Crippen LogP contribution is 2.32. The SMILES string of the molecule is CC(C)n1cc(C(=O)N2CCN(Cc3ccc4c(c3)OCO4)CC2)cn1. The number of carbonyl (C=O) groups excluding carboxylic acids is 1. The van der Waals surface area contributed by atoms with E-state index in [1.807, 2.05) is 27.9 Å². The van der Waals surface area contributed by atoms with Gasteiger partial charge in [-0.15, -0.1) is 0 Å². The van der Waals surface area contributed by atoms with Gasteiger partial charge in [0.25, 0.3) is 5.91 Å². The third-order valence-electron chi connectivity index (χ3n) is 4.88. The Morgan fingerprint density at radius 1 is 1.15 bits per heavy atom. The molecule has 1 fully saturated rings. The number of carbonyl (C=O) groups is 1. The Morgan fingerprint density at radius 2 is 1.92 bits per heavy atom. The number of aromatic nitrogens is 2. The zero-order chi connectivity index (χ0) is 18.1. The zero-order valence-electron chi connectivity index (χ0n) is 15.2. The lowest BCUT2D eigenvalue weighted by Crippen LogP contribution is -2.48. The van der Waals surface area contributed by atoms with Crippen LogP contribution >= 0.6 is 0 Å². The van der Waals surface area contributed by atoms with Crippen LogP contribution < -0.4 is 9.47 Å². The quantitative estimate of drug-likeness (QED) is 0.840. The molecule has 4 rings (SSSR count). The van der Waals surface area contributed by atoms with Gasteiger partial charge in [0, 0.05) is 45.0 Å². The summed E-state index contributed by atoms with van der Waals surface area (Å²) in [5.41, 5.74) is 1.87. The van der Waals surface area contributed by atoms with Gasteiger partial charge in [0.15, 0.2) is 11.5 Å². The number of fused-ring (bicyclic) bond motifs is 1. The highest BCUT2D eigenvalue weighted by atomic mass is 16.7. The summed E-state index contributed by atoms with van der Waals surface area (Å²) in [5.74, 6) is 1.70. The Morgan fingerprint density at radius 3 is 2.65 bits per heavy atom. The van der Waals surface area contributed by atoms with E-state index in [-0.39, 0.29) is 11.9 Å². The molecule has 1 saturated heterocycles. The van der Waals surface area contributed by atoms with Crippen LogP contribution in [0, 0.1) is 0 Å². The Bertz CT molecular complexity index is 794. The summed E-state index contributed by atoms with van der Waals surface area (Å²) in [5, 5.41) is 4.27. The third kappa shape index (κ3) is 3.39. The minimum Gasteiger partial charge on any atom is -0.454 e. The molecule has 1 amide bonds. The molecule has 0 radical (unpaired) electrons. The van der Waals surface area contributed by atoms with Crippen molar-refractivity contribution in [2.24, 2.45) is 0 Å². The number of hydrogen-bond donors (Lipinski definition) is 0. The highest BCUT2D eigenvalue weighted by Gasteiger charge is 2.24. The second-order valence-electron chi connectivity index (χ2n) is 7.06. The van der Waals surface area contributed by atoms with Gasteiger partial charge in [-0.1, -0.05) is 6.07 Å². The number of piperazine rings is 1. The first kappa shape index (κ1) is 16.9. The molecular formula is C19H24N4O3. The largest absolute Gasteiger partial charge is 0.454 e. The van der Waals surface area contributed by atoms with Crippen LogP contribution in [-0.4, -0.2) is 58.5 Å².